The predicted octanol–water partition coefficient (Wildman–Crippen LogP) is 2.46. The summed E-state index contributed by atoms with van der Waals surface area (Å²) in [6.45, 7) is 8.33. The number of hydrogen-bond acceptors (Lipinski definition) is 4. The zero-order valence-electron chi connectivity index (χ0n) is 12.6. The molecule has 0 saturated carbocycles. The second-order valence-electron chi connectivity index (χ2n) is 5.38. The number of hydrogen-bond donors (Lipinski definition) is 2. The third-order valence-corrected chi connectivity index (χ3v) is 3.61. The molecule has 2 aromatic rings. The molecule has 20 heavy (non-hydrogen) atoms. The Kier molecular flexibility index (Phi) is 4.47. The van der Waals surface area contributed by atoms with Crippen LogP contribution < -0.4 is 11.3 Å². The standard InChI is InChI=1S/C16H22N4/c1-10-5-11(2)14(12(3)6-10)7-15(20-17)16-9-18-13(4)8-19-16/h5-6,8-9,15,20H,7,17H2,1-4H3. The lowest BCUT2D eigenvalue weighted by atomic mass is 9.93. The number of nitrogens with one attached hydrogen (secondary N) is 1. The van der Waals surface area contributed by atoms with Crippen molar-refractivity contribution in [1.29, 1.82) is 0 Å². The van der Waals surface area contributed by atoms with Crippen LogP contribution in [0.4, 0.5) is 0 Å². The van der Waals surface area contributed by atoms with E-state index in [9.17, 15) is 0 Å². The van der Waals surface area contributed by atoms with Crippen molar-refractivity contribution in [3.63, 3.8) is 0 Å². The van der Waals surface area contributed by atoms with Gasteiger partial charge in [0, 0.05) is 6.20 Å². The molecule has 1 heterocycles. The molecular formula is C16H22N4. The van der Waals surface area contributed by atoms with E-state index in [0.29, 0.717) is 0 Å². The van der Waals surface area contributed by atoms with Crippen LogP contribution in [0.2, 0.25) is 0 Å². The van der Waals surface area contributed by atoms with E-state index in [2.05, 4.69) is 48.3 Å². The van der Waals surface area contributed by atoms with Gasteiger partial charge in [-0.05, 0) is 50.8 Å². The van der Waals surface area contributed by atoms with Crippen LogP contribution in [0.1, 0.15) is 39.7 Å². The Labute approximate surface area is 120 Å². The number of hydrazine groups is 1. The van der Waals surface area contributed by atoms with Crippen molar-refractivity contribution < 1.29 is 0 Å². The minimum atomic E-state index is -0.0248. The van der Waals surface area contributed by atoms with Gasteiger partial charge in [-0.25, -0.2) is 0 Å². The fraction of sp³-hybridized carbons (Fsp3) is 0.375. The number of rotatable bonds is 4. The molecule has 0 saturated heterocycles. The third-order valence-electron chi connectivity index (χ3n) is 3.61. The quantitative estimate of drug-likeness (QED) is 0.661. The minimum absolute atomic E-state index is 0.0248. The molecule has 4 nitrogen and oxygen atoms in total. The molecule has 0 spiro atoms. The topological polar surface area (TPSA) is 63.8 Å². The number of benzene rings is 1. The average Bonchev–Trinajstić information content (AvgIpc) is 2.39. The van der Waals surface area contributed by atoms with Crippen LogP contribution in [0.15, 0.2) is 24.5 Å². The monoisotopic (exact) mass is 270 g/mol. The molecule has 0 aliphatic heterocycles. The Morgan fingerprint density at radius 3 is 2.20 bits per heavy atom. The van der Waals surface area contributed by atoms with Gasteiger partial charge in [-0.1, -0.05) is 17.7 Å². The summed E-state index contributed by atoms with van der Waals surface area (Å²) >= 11 is 0. The van der Waals surface area contributed by atoms with Crippen molar-refractivity contribution in [3.05, 3.63) is 58.2 Å². The van der Waals surface area contributed by atoms with E-state index in [4.69, 9.17) is 5.84 Å². The first kappa shape index (κ1) is 14.6. The Hall–Kier alpha value is -1.78. The lowest BCUT2D eigenvalue weighted by Crippen LogP contribution is -2.30. The maximum Gasteiger partial charge on any atom is 0.0773 e. The van der Waals surface area contributed by atoms with Crippen molar-refractivity contribution in [2.24, 2.45) is 5.84 Å². The summed E-state index contributed by atoms with van der Waals surface area (Å²) in [7, 11) is 0. The van der Waals surface area contributed by atoms with Crippen LogP contribution in [-0.2, 0) is 6.42 Å². The lowest BCUT2D eigenvalue weighted by Gasteiger charge is -2.18. The van der Waals surface area contributed by atoms with Crippen molar-refractivity contribution >= 4 is 0 Å². The summed E-state index contributed by atoms with van der Waals surface area (Å²) in [4.78, 5) is 8.71. The molecule has 4 heteroatoms. The Morgan fingerprint density at radius 1 is 1.05 bits per heavy atom. The van der Waals surface area contributed by atoms with Gasteiger partial charge in [-0.3, -0.25) is 21.2 Å². The van der Waals surface area contributed by atoms with E-state index in [0.717, 1.165) is 17.8 Å². The zero-order valence-corrected chi connectivity index (χ0v) is 12.6. The molecule has 1 atom stereocenters. The summed E-state index contributed by atoms with van der Waals surface area (Å²) in [5.74, 6) is 5.70. The first-order valence-corrected chi connectivity index (χ1v) is 6.82. The number of aryl methyl sites for hydroxylation is 4. The van der Waals surface area contributed by atoms with E-state index in [-0.39, 0.29) is 6.04 Å². The molecule has 0 amide bonds. The van der Waals surface area contributed by atoms with Crippen LogP contribution >= 0.6 is 0 Å². The Morgan fingerprint density at radius 2 is 1.70 bits per heavy atom. The molecule has 1 aromatic carbocycles. The van der Waals surface area contributed by atoms with Crippen LogP contribution in [0.3, 0.4) is 0 Å². The Bertz CT molecular complexity index is 567. The van der Waals surface area contributed by atoms with Crippen molar-refractivity contribution in [3.8, 4) is 0 Å². The van der Waals surface area contributed by atoms with E-state index >= 15 is 0 Å². The maximum atomic E-state index is 5.70. The second-order valence-corrected chi connectivity index (χ2v) is 5.38. The SMILES string of the molecule is Cc1cc(C)c(CC(NN)c2cnc(C)cn2)c(C)c1. The second kappa shape index (κ2) is 6.11. The van der Waals surface area contributed by atoms with Crippen molar-refractivity contribution in [2.75, 3.05) is 0 Å². The summed E-state index contributed by atoms with van der Waals surface area (Å²) < 4.78 is 0. The average molecular weight is 270 g/mol. The van der Waals surface area contributed by atoms with E-state index in [1.807, 2.05) is 6.92 Å². The minimum Gasteiger partial charge on any atom is -0.271 e. The van der Waals surface area contributed by atoms with E-state index in [1.54, 1.807) is 12.4 Å². The predicted molar refractivity (Wildman–Crippen MR) is 81.2 cm³/mol. The third kappa shape index (κ3) is 3.21. The summed E-state index contributed by atoms with van der Waals surface area (Å²) in [6.07, 6.45) is 4.37. The molecule has 2 rings (SSSR count). The lowest BCUT2D eigenvalue weighted by molar-refractivity contribution is 0.533. The molecule has 0 bridgehead atoms. The molecule has 0 radical (unpaired) electrons. The fourth-order valence-corrected chi connectivity index (χ4v) is 2.57. The highest BCUT2D eigenvalue weighted by atomic mass is 15.2. The summed E-state index contributed by atoms with van der Waals surface area (Å²) in [5.41, 5.74) is 9.83. The van der Waals surface area contributed by atoms with Gasteiger partial charge < -0.3 is 0 Å². The number of nitrogens with zero attached hydrogens (tertiary/aromatic N) is 2. The number of nitrogens with two attached hydrogens (primary N) is 1. The summed E-state index contributed by atoms with van der Waals surface area (Å²) in [5, 5.41) is 0. The van der Waals surface area contributed by atoms with Gasteiger partial charge in [-0.2, -0.15) is 0 Å². The largest absolute Gasteiger partial charge is 0.271 e. The van der Waals surface area contributed by atoms with E-state index in [1.165, 1.54) is 22.3 Å². The molecule has 106 valence electrons. The van der Waals surface area contributed by atoms with Gasteiger partial charge >= 0.3 is 0 Å². The molecule has 1 unspecified atom stereocenters. The Balaban J connectivity index is 2.29. The van der Waals surface area contributed by atoms with Crippen LogP contribution in [0.25, 0.3) is 0 Å². The van der Waals surface area contributed by atoms with Gasteiger partial charge in [0.25, 0.3) is 0 Å². The van der Waals surface area contributed by atoms with Crippen LogP contribution in [-0.4, -0.2) is 9.97 Å². The highest BCUT2D eigenvalue weighted by Gasteiger charge is 2.15. The first-order chi connectivity index (χ1) is 9.51. The van der Waals surface area contributed by atoms with Gasteiger partial charge in [0.15, 0.2) is 0 Å². The van der Waals surface area contributed by atoms with Gasteiger partial charge in [0.05, 0.1) is 23.6 Å². The van der Waals surface area contributed by atoms with Crippen LogP contribution in [0, 0.1) is 27.7 Å². The molecule has 0 aliphatic carbocycles. The highest BCUT2D eigenvalue weighted by Crippen LogP contribution is 2.22. The van der Waals surface area contributed by atoms with Gasteiger partial charge in [0.1, 0.15) is 0 Å². The summed E-state index contributed by atoms with van der Waals surface area (Å²) in [6, 6.07) is 4.39. The zero-order chi connectivity index (χ0) is 14.7. The normalized spacial score (nSPS) is 12.4. The molecule has 0 fully saturated rings. The first-order valence-electron chi connectivity index (χ1n) is 6.82. The van der Waals surface area contributed by atoms with E-state index < -0.39 is 0 Å². The smallest absolute Gasteiger partial charge is 0.0773 e. The molecule has 1 aromatic heterocycles. The molecule has 0 aliphatic rings. The van der Waals surface area contributed by atoms with Crippen molar-refractivity contribution in [1.82, 2.24) is 15.4 Å². The molecule has 3 N–H and O–H groups in total. The molecular weight excluding hydrogens is 248 g/mol. The van der Waals surface area contributed by atoms with Gasteiger partial charge in [0.2, 0.25) is 0 Å². The fourth-order valence-electron chi connectivity index (χ4n) is 2.57. The maximum absolute atomic E-state index is 5.70. The number of aromatic nitrogens is 2. The highest BCUT2D eigenvalue weighted by molar-refractivity contribution is 5.38. The van der Waals surface area contributed by atoms with Gasteiger partial charge in [-0.15, -0.1) is 0 Å². The van der Waals surface area contributed by atoms with Crippen molar-refractivity contribution in [2.45, 2.75) is 40.2 Å². The van der Waals surface area contributed by atoms with Crippen LogP contribution in [0.5, 0.6) is 0 Å².